The molecule has 0 amide bonds. The number of rotatable bonds is 2. The Morgan fingerprint density at radius 2 is 1.95 bits per heavy atom. The molecule has 7 heteroatoms. The number of nitrogen functional groups attached to an aromatic ring is 1. The molecule has 2 N–H and O–H groups in total. The summed E-state index contributed by atoms with van der Waals surface area (Å²) in [4.78, 5) is 0. The maximum absolute atomic E-state index is 5.94. The summed E-state index contributed by atoms with van der Waals surface area (Å²) in [5.41, 5.74) is 9.43. The number of anilines is 1. The topological polar surface area (TPSA) is 69.6 Å². The predicted octanol–water partition coefficient (Wildman–Crippen LogP) is 3.74. The molecule has 2 aromatic carbocycles. The number of aromatic nitrogens is 4. The van der Waals surface area contributed by atoms with Crippen LogP contribution in [0.3, 0.4) is 0 Å². The third-order valence-corrected chi connectivity index (χ3v) is 4.62. The molecule has 21 heavy (non-hydrogen) atoms. The van der Waals surface area contributed by atoms with Crippen LogP contribution in [-0.2, 0) is 0 Å². The van der Waals surface area contributed by atoms with Gasteiger partial charge in [0.25, 0.3) is 0 Å². The van der Waals surface area contributed by atoms with Gasteiger partial charge in [-0.2, -0.15) is 4.68 Å². The Morgan fingerprint density at radius 3 is 2.76 bits per heavy atom. The highest BCUT2D eigenvalue weighted by molar-refractivity contribution is 9.11. The first-order chi connectivity index (χ1) is 10.1. The molecule has 0 saturated carbocycles. The van der Waals surface area contributed by atoms with E-state index < -0.39 is 0 Å². The number of tetrazole rings is 1. The molecule has 0 fully saturated rings. The average Bonchev–Trinajstić information content (AvgIpc) is 2.93. The molecule has 0 aliphatic heterocycles. The van der Waals surface area contributed by atoms with Crippen molar-refractivity contribution in [1.29, 1.82) is 0 Å². The Morgan fingerprint density at radius 1 is 1.14 bits per heavy atom. The van der Waals surface area contributed by atoms with E-state index in [1.807, 2.05) is 43.3 Å². The number of hydrogen-bond acceptors (Lipinski definition) is 4. The zero-order valence-electron chi connectivity index (χ0n) is 11.1. The molecule has 0 unspecified atom stereocenters. The van der Waals surface area contributed by atoms with Gasteiger partial charge in [0.2, 0.25) is 0 Å². The van der Waals surface area contributed by atoms with Crippen LogP contribution in [0.5, 0.6) is 0 Å². The number of nitrogens with two attached hydrogens (primary N) is 1. The van der Waals surface area contributed by atoms with Gasteiger partial charge in [0.1, 0.15) is 0 Å². The summed E-state index contributed by atoms with van der Waals surface area (Å²) in [6, 6.07) is 11.6. The highest BCUT2D eigenvalue weighted by Gasteiger charge is 2.16. The summed E-state index contributed by atoms with van der Waals surface area (Å²) in [7, 11) is 0. The van der Waals surface area contributed by atoms with E-state index in [4.69, 9.17) is 5.73 Å². The van der Waals surface area contributed by atoms with E-state index in [2.05, 4.69) is 47.4 Å². The highest BCUT2D eigenvalue weighted by Crippen LogP contribution is 2.33. The molecule has 0 atom stereocenters. The molecule has 3 rings (SSSR count). The first kappa shape index (κ1) is 14.2. The van der Waals surface area contributed by atoms with Crippen molar-refractivity contribution in [3.8, 4) is 17.1 Å². The van der Waals surface area contributed by atoms with E-state index >= 15 is 0 Å². The standard InChI is InChI=1S/C14H11Br2N5/c1-8-5-6-10(15)12(7-8)21-14(18-19-20-21)9-3-2-4-11(17)13(9)16/h2-7H,17H2,1H3. The zero-order valence-corrected chi connectivity index (χ0v) is 14.3. The number of hydrogen-bond donors (Lipinski definition) is 1. The Bertz CT molecular complexity index is 796. The average molecular weight is 409 g/mol. The maximum Gasteiger partial charge on any atom is 0.188 e. The monoisotopic (exact) mass is 407 g/mol. The van der Waals surface area contributed by atoms with Crippen LogP contribution < -0.4 is 5.73 Å². The molecular formula is C14H11Br2N5. The lowest BCUT2D eigenvalue weighted by Gasteiger charge is -2.10. The molecule has 1 heterocycles. The van der Waals surface area contributed by atoms with Gasteiger partial charge in [-0.25, -0.2) is 0 Å². The lowest BCUT2D eigenvalue weighted by atomic mass is 10.2. The molecule has 106 valence electrons. The van der Waals surface area contributed by atoms with Crippen LogP contribution in [0.2, 0.25) is 0 Å². The summed E-state index contributed by atoms with van der Waals surface area (Å²) in [6.45, 7) is 2.02. The minimum absolute atomic E-state index is 0.625. The van der Waals surface area contributed by atoms with E-state index in [1.54, 1.807) is 4.68 Å². The summed E-state index contributed by atoms with van der Waals surface area (Å²) < 4.78 is 3.39. The van der Waals surface area contributed by atoms with Gasteiger partial charge in [-0.15, -0.1) is 5.10 Å². The molecule has 0 aliphatic rings. The van der Waals surface area contributed by atoms with Crippen LogP contribution in [0.1, 0.15) is 5.56 Å². The van der Waals surface area contributed by atoms with E-state index in [-0.39, 0.29) is 0 Å². The SMILES string of the molecule is Cc1ccc(Br)c(-n2nnnc2-c2cccc(N)c2Br)c1. The molecule has 1 aromatic heterocycles. The molecule has 0 spiro atoms. The smallest absolute Gasteiger partial charge is 0.188 e. The number of nitrogens with zero attached hydrogens (tertiary/aromatic N) is 4. The van der Waals surface area contributed by atoms with Crippen molar-refractivity contribution in [3.05, 3.63) is 50.9 Å². The normalized spacial score (nSPS) is 10.8. The fraction of sp³-hybridized carbons (Fsp3) is 0.0714. The summed E-state index contributed by atoms with van der Waals surface area (Å²) in [5, 5.41) is 12.0. The summed E-state index contributed by atoms with van der Waals surface area (Å²) in [6.07, 6.45) is 0. The van der Waals surface area contributed by atoms with Crippen molar-refractivity contribution in [2.75, 3.05) is 5.73 Å². The summed E-state index contributed by atoms with van der Waals surface area (Å²) >= 11 is 7.03. The molecule has 0 bridgehead atoms. The molecular weight excluding hydrogens is 398 g/mol. The highest BCUT2D eigenvalue weighted by atomic mass is 79.9. The molecule has 5 nitrogen and oxygen atoms in total. The lowest BCUT2D eigenvalue weighted by Crippen LogP contribution is -2.02. The van der Waals surface area contributed by atoms with Gasteiger partial charge in [-0.1, -0.05) is 12.1 Å². The van der Waals surface area contributed by atoms with E-state index in [9.17, 15) is 0 Å². The lowest BCUT2D eigenvalue weighted by molar-refractivity contribution is 0.788. The third kappa shape index (κ3) is 2.58. The van der Waals surface area contributed by atoms with Crippen LogP contribution in [0.25, 0.3) is 17.1 Å². The van der Waals surface area contributed by atoms with Gasteiger partial charge in [-0.05, 0) is 79.0 Å². The van der Waals surface area contributed by atoms with Crippen molar-refractivity contribution in [3.63, 3.8) is 0 Å². The van der Waals surface area contributed by atoms with Crippen molar-refractivity contribution < 1.29 is 0 Å². The van der Waals surface area contributed by atoms with Crippen LogP contribution in [-0.4, -0.2) is 20.2 Å². The minimum Gasteiger partial charge on any atom is -0.398 e. The third-order valence-electron chi connectivity index (χ3n) is 3.07. The number of halogens is 2. The molecule has 3 aromatic rings. The van der Waals surface area contributed by atoms with Gasteiger partial charge in [-0.3, -0.25) is 0 Å². The molecule has 0 radical (unpaired) electrons. The Labute approximate surface area is 138 Å². The first-order valence-electron chi connectivity index (χ1n) is 6.17. The van der Waals surface area contributed by atoms with Crippen molar-refractivity contribution in [2.24, 2.45) is 0 Å². The maximum atomic E-state index is 5.94. The van der Waals surface area contributed by atoms with Crippen LogP contribution in [0.15, 0.2) is 45.3 Å². The van der Waals surface area contributed by atoms with Crippen molar-refractivity contribution in [1.82, 2.24) is 20.2 Å². The van der Waals surface area contributed by atoms with Crippen molar-refractivity contribution >= 4 is 37.5 Å². The second-order valence-corrected chi connectivity index (χ2v) is 6.23. The molecule has 0 saturated heterocycles. The zero-order chi connectivity index (χ0) is 15.0. The quantitative estimate of drug-likeness (QED) is 0.655. The predicted molar refractivity (Wildman–Crippen MR) is 89.1 cm³/mol. The fourth-order valence-electron chi connectivity index (χ4n) is 2.02. The number of aryl methyl sites for hydroxylation is 1. The van der Waals surface area contributed by atoms with Crippen molar-refractivity contribution in [2.45, 2.75) is 6.92 Å². The van der Waals surface area contributed by atoms with Gasteiger partial charge < -0.3 is 5.73 Å². The fourth-order valence-corrected chi connectivity index (χ4v) is 2.88. The molecule has 0 aliphatic carbocycles. The van der Waals surface area contributed by atoms with Crippen LogP contribution in [0.4, 0.5) is 5.69 Å². The van der Waals surface area contributed by atoms with Crippen LogP contribution in [0, 0.1) is 6.92 Å². The number of benzene rings is 2. The minimum atomic E-state index is 0.625. The second kappa shape index (κ2) is 5.57. The van der Waals surface area contributed by atoms with E-state index in [1.165, 1.54) is 0 Å². The largest absolute Gasteiger partial charge is 0.398 e. The second-order valence-electron chi connectivity index (χ2n) is 4.58. The van der Waals surface area contributed by atoms with E-state index in [0.29, 0.717) is 11.5 Å². The Hall–Kier alpha value is -1.73. The first-order valence-corrected chi connectivity index (χ1v) is 7.76. The van der Waals surface area contributed by atoms with Gasteiger partial charge >= 0.3 is 0 Å². The summed E-state index contributed by atoms with van der Waals surface area (Å²) in [5.74, 6) is 0.625. The van der Waals surface area contributed by atoms with Crippen LogP contribution >= 0.6 is 31.9 Å². The van der Waals surface area contributed by atoms with E-state index in [0.717, 1.165) is 25.8 Å². The Balaban J connectivity index is 2.22. The van der Waals surface area contributed by atoms with Gasteiger partial charge in [0.05, 0.1) is 10.2 Å². The Kier molecular flexibility index (Phi) is 3.77. The van der Waals surface area contributed by atoms with Gasteiger partial charge in [0.15, 0.2) is 5.82 Å². The van der Waals surface area contributed by atoms with Gasteiger partial charge in [0, 0.05) is 15.7 Å².